The van der Waals surface area contributed by atoms with Crippen molar-refractivity contribution >= 4 is 23.2 Å². The Morgan fingerprint density at radius 1 is 1.70 bits per heavy atom. The summed E-state index contributed by atoms with van der Waals surface area (Å²) in [6, 6.07) is 0. The van der Waals surface area contributed by atoms with E-state index in [0.29, 0.717) is 11.5 Å². The number of hydrogen-bond acceptors (Lipinski definition) is 1. The number of rotatable bonds is 0. The topological polar surface area (TPSA) is 20.2 Å². The van der Waals surface area contributed by atoms with Crippen molar-refractivity contribution < 1.29 is 5.11 Å². The Labute approximate surface area is 69.9 Å². The van der Waals surface area contributed by atoms with Crippen LogP contribution in [0.15, 0.2) is 22.9 Å². The van der Waals surface area contributed by atoms with E-state index in [2.05, 4.69) is 0 Å². The minimum absolute atomic E-state index is 0.125. The van der Waals surface area contributed by atoms with E-state index in [4.69, 9.17) is 28.3 Å². The number of hydrogen-bond donors (Lipinski definition) is 1. The lowest BCUT2D eigenvalue weighted by Crippen LogP contribution is -2.15. The second-order valence-corrected chi connectivity index (χ2v) is 3.90. The third kappa shape index (κ3) is 1.68. The molecule has 3 heteroatoms. The van der Waals surface area contributed by atoms with Gasteiger partial charge in [-0.05, 0) is 13.0 Å². The lowest BCUT2D eigenvalue weighted by molar-refractivity contribution is 0.421. The molecule has 0 bridgehead atoms. The van der Waals surface area contributed by atoms with Crippen LogP contribution in [-0.2, 0) is 0 Å². The standard InChI is InChI=1S/C7H8Cl2O/c1-7(9)3-2-6(10)5(8)4-7/h2-3,10H,4H2,1H3. The zero-order chi connectivity index (χ0) is 7.78. The van der Waals surface area contributed by atoms with Crippen molar-refractivity contribution in [3.05, 3.63) is 22.9 Å². The summed E-state index contributed by atoms with van der Waals surface area (Å²) < 4.78 is 0. The molecule has 0 saturated heterocycles. The van der Waals surface area contributed by atoms with E-state index in [-0.39, 0.29) is 5.76 Å². The van der Waals surface area contributed by atoms with Gasteiger partial charge in [-0.2, -0.15) is 0 Å². The fraction of sp³-hybridized carbons (Fsp3) is 0.429. The molecule has 56 valence electrons. The van der Waals surface area contributed by atoms with Gasteiger partial charge in [0, 0.05) is 6.42 Å². The lowest BCUT2D eigenvalue weighted by Gasteiger charge is -2.20. The maximum Gasteiger partial charge on any atom is 0.129 e. The van der Waals surface area contributed by atoms with Crippen molar-refractivity contribution in [3.8, 4) is 0 Å². The molecule has 0 aliphatic heterocycles. The lowest BCUT2D eigenvalue weighted by atomic mass is 10.0. The summed E-state index contributed by atoms with van der Waals surface area (Å²) in [5.41, 5.74) is 0. The van der Waals surface area contributed by atoms with E-state index >= 15 is 0 Å². The van der Waals surface area contributed by atoms with Gasteiger partial charge < -0.3 is 5.11 Å². The summed E-state index contributed by atoms with van der Waals surface area (Å²) in [6.45, 7) is 1.85. The van der Waals surface area contributed by atoms with Crippen LogP contribution in [0.5, 0.6) is 0 Å². The van der Waals surface area contributed by atoms with Gasteiger partial charge >= 0.3 is 0 Å². The number of aliphatic hydroxyl groups is 1. The molecular formula is C7H8Cl2O. The van der Waals surface area contributed by atoms with Gasteiger partial charge in [-0.25, -0.2) is 0 Å². The first kappa shape index (κ1) is 7.96. The van der Waals surface area contributed by atoms with Crippen LogP contribution in [-0.4, -0.2) is 9.98 Å². The first-order valence-corrected chi connectivity index (χ1v) is 3.73. The van der Waals surface area contributed by atoms with Crippen molar-refractivity contribution in [1.82, 2.24) is 0 Å². The molecule has 1 N–H and O–H groups in total. The van der Waals surface area contributed by atoms with E-state index in [1.165, 1.54) is 6.08 Å². The van der Waals surface area contributed by atoms with Gasteiger partial charge in [-0.1, -0.05) is 17.7 Å². The van der Waals surface area contributed by atoms with Crippen molar-refractivity contribution in [1.29, 1.82) is 0 Å². The summed E-state index contributed by atoms with van der Waals surface area (Å²) >= 11 is 11.6. The molecule has 0 aromatic rings. The third-order valence-electron chi connectivity index (χ3n) is 1.37. The molecule has 0 aromatic carbocycles. The molecule has 1 aliphatic carbocycles. The van der Waals surface area contributed by atoms with Gasteiger partial charge in [0.05, 0.1) is 9.91 Å². The van der Waals surface area contributed by atoms with Crippen molar-refractivity contribution in [2.75, 3.05) is 0 Å². The van der Waals surface area contributed by atoms with Crippen molar-refractivity contribution in [2.24, 2.45) is 0 Å². The third-order valence-corrected chi connectivity index (χ3v) is 1.95. The summed E-state index contributed by atoms with van der Waals surface area (Å²) in [6.07, 6.45) is 3.76. The van der Waals surface area contributed by atoms with Gasteiger partial charge in [-0.3, -0.25) is 0 Å². The van der Waals surface area contributed by atoms with E-state index in [0.717, 1.165) is 0 Å². The molecule has 1 atom stereocenters. The number of allylic oxidation sites excluding steroid dienone is 3. The average Bonchev–Trinajstić information content (AvgIpc) is 1.79. The molecule has 0 heterocycles. The molecule has 0 spiro atoms. The first-order valence-electron chi connectivity index (χ1n) is 2.97. The minimum atomic E-state index is -0.427. The molecule has 1 nitrogen and oxygen atoms in total. The highest BCUT2D eigenvalue weighted by molar-refractivity contribution is 6.32. The quantitative estimate of drug-likeness (QED) is 0.566. The maximum atomic E-state index is 9.01. The van der Waals surface area contributed by atoms with Crippen LogP contribution in [0.4, 0.5) is 0 Å². The van der Waals surface area contributed by atoms with E-state index < -0.39 is 4.87 Å². The molecule has 1 unspecified atom stereocenters. The molecular weight excluding hydrogens is 171 g/mol. The van der Waals surface area contributed by atoms with Crippen LogP contribution >= 0.6 is 23.2 Å². The minimum Gasteiger partial charge on any atom is -0.507 e. The number of alkyl halides is 1. The molecule has 0 radical (unpaired) electrons. The Balaban J connectivity index is 2.85. The molecule has 0 amide bonds. The van der Waals surface area contributed by atoms with Gasteiger partial charge in [0.2, 0.25) is 0 Å². The summed E-state index contributed by atoms with van der Waals surface area (Å²) in [5, 5.41) is 9.44. The second-order valence-electron chi connectivity index (χ2n) is 2.58. The smallest absolute Gasteiger partial charge is 0.129 e. The summed E-state index contributed by atoms with van der Waals surface area (Å²) in [7, 11) is 0. The number of halogens is 2. The zero-order valence-corrected chi connectivity index (χ0v) is 7.08. The van der Waals surface area contributed by atoms with Crippen LogP contribution in [0, 0.1) is 0 Å². The summed E-state index contributed by atoms with van der Waals surface area (Å²) in [5.74, 6) is 0.125. The van der Waals surface area contributed by atoms with Gasteiger partial charge in [-0.15, -0.1) is 11.6 Å². The fourth-order valence-electron chi connectivity index (χ4n) is 0.796. The molecule has 1 aliphatic rings. The Bertz CT molecular complexity index is 204. The Morgan fingerprint density at radius 3 is 2.70 bits per heavy atom. The number of aliphatic hydroxyl groups excluding tert-OH is 1. The Morgan fingerprint density at radius 2 is 2.30 bits per heavy atom. The fourth-order valence-corrected chi connectivity index (χ4v) is 1.40. The molecule has 1 rings (SSSR count). The molecule has 0 fully saturated rings. The Hall–Kier alpha value is -0.140. The predicted molar refractivity (Wildman–Crippen MR) is 43.5 cm³/mol. The normalized spacial score (nSPS) is 33.1. The van der Waals surface area contributed by atoms with Crippen LogP contribution < -0.4 is 0 Å². The van der Waals surface area contributed by atoms with E-state index in [1.807, 2.05) is 6.92 Å². The van der Waals surface area contributed by atoms with Crippen molar-refractivity contribution in [3.63, 3.8) is 0 Å². The zero-order valence-electron chi connectivity index (χ0n) is 5.56. The summed E-state index contributed by atoms with van der Waals surface area (Å²) in [4.78, 5) is -0.427. The van der Waals surface area contributed by atoms with Crippen LogP contribution in [0.1, 0.15) is 13.3 Å². The average molecular weight is 179 g/mol. The first-order chi connectivity index (χ1) is 4.51. The largest absolute Gasteiger partial charge is 0.507 e. The van der Waals surface area contributed by atoms with Gasteiger partial charge in [0.15, 0.2) is 0 Å². The van der Waals surface area contributed by atoms with E-state index in [9.17, 15) is 0 Å². The Kier molecular flexibility index (Phi) is 1.97. The van der Waals surface area contributed by atoms with E-state index in [1.54, 1.807) is 6.08 Å². The SMILES string of the molecule is CC1(Cl)C=CC(O)=C(Cl)C1. The predicted octanol–water partition coefficient (Wildman–Crippen LogP) is 2.95. The monoisotopic (exact) mass is 178 g/mol. The second kappa shape index (κ2) is 2.48. The highest BCUT2D eigenvalue weighted by Gasteiger charge is 2.23. The van der Waals surface area contributed by atoms with Crippen molar-refractivity contribution in [2.45, 2.75) is 18.2 Å². The maximum absolute atomic E-state index is 9.01. The molecule has 10 heavy (non-hydrogen) atoms. The highest BCUT2D eigenvalue weighted by Crippen LogP contribution is 2.32. The molecule has 0 aromatic heterocycles. The molecule has 0 saturated carbocycles. The van der Waals surface area contributed by atoms with Gasteiger partial charge in [0.25, 0.3) is 0 Å². The highest BCUT2D eigenvalue weighted by atomic mass is 35.5. The van der Waals surface area contributed by atoms with Gasteiger partial charge in [0.1, 0.15) is 5.76 Å². The van der Waals surface area contributed by atoms with Crippen LogP contribution in [0.25, 0.3) is 0 Å². The van der Waals surface area contributed by atoms with Crippen LogP contribution in [0.2, 0.25) is 0 Å². The van der Waals surface area contributed by atoms with Crippen LogP contribution in [0.3, 0.4) is 0 Å².